The van der Waals surface area contributed by atoms with Crippen LogP contribution in [-0.4, -0.2) is 0 Å². The predicted molar refractivity (Wildman–Crippen MR) is 264 cm³/mol. The lowest BCUT2D eigenvalue weighted by Gasteiger charge is -1.98. The molecular weight excluding hydrogens is 673 g/mol. The summed E-state index contributed by atoms with van der Waals surface area (Å²) in [7, 11) is 0. The van der Waals surface area contributed by atoms with Gasteiger partial charge in [-0.3, -0.25) is 0 Å². The molecule has 0 amide bonds. The zero-order chi connectivity index (χ0) is 41.4. The van der Waals surface area contributed by atoms with Crippen LogP contribution >= 0.6 is 0 Å². The van der Waals surface area contributed by atoms with Crippen molar-refractivity contribution in [3.05, 3.63) is 72.9 Å². The molecule has 0 heteroatoms. The smallest absolute Gasteiger partial charge is 0.0169 e. The quantitative estimate of drug-likeness (QED) is 0.0428. The molecule has 0 aromatic heterocycles. The van der Waals surface area contributed by atoms with Crippen LogP contribution in [0.1, 0.15) is 286 Å². The van der Waals surface area contributed by atoms with E-state index in [0.717, 1.165) is 19.3 Å². The highest BCUT2D eigenvalue weighted by Gasteiger charge is 1.91. The minimum atomic E-state index is 1.06. The zero-order valence-electron chi connectivity index (χ0n) is 39.8. The molecule has 0 aromatic carbocycles. The maximum atomic E-state index is 2.41. The van der Waals surface area contributed by atoms with Crippen molar-refractivity contribution < 1.29 is 0 Å². The molecule has 0 spiro atoms. The summed E-state index contributed by atoms with van der Waals surface area (Å²) >= 11 is 0. The highest BCUT2D eigenvalue weighted by Crippen LogP contribution is 2.11. The van der Waals surface area contributed by atoms with E-state index >= 15 is 0 Å². The van der Waals surface area contributed by atoms with Crippen molar-refractivity contribution in [3.63, 3.8) is 0 Å². The monoisotopic (exact) mass is 779 g/mol. The van der Waals surface area contributed by atoms with Crippen LogP contribution in [0.25, 0.3) is 0 Å². The van der Waals surface area contributed by atoms with Gasteiger partial charge in [-0.25, -0.2) is 0 Å². The minimum absolute atomic E-state index is 1.06. The van der Waals surface area contributed by atoms with Crippen LogP contribution in [0.3, 0.4) is 0 Å². The lowest BCUT2D eigenvalue weighted by atomic mass is 10.1. The third kappa shape index (κ3) is 67.2. The van der Waals surface area contributed by atoms with Crippen molar-refractivity contribution in [2.24, 2.45) is 0 Å². The average Bonchev–Trinajstić information content (AvgIpc) is 3.21. The molecule has 0 nitrogen and oxygen atoms in total. The summed E-state index contributed by atoms with van der Waals surface area (Å²) in [4.78, 5) is 0. The standard InChI is InChI=1S/C20H34.2C18H36/c1-3-5-7-9-11-13-15-17-19-20-18-16-14-12-10-8-6-4-2;2*1-3-5-7-9-11-13-15-17-18-16-14-12-10-8-6-4-2/h9,11-12,14-15,17-18,20H,3-8,10,13,16,19H2,1-2H3;2*17-18H,3-16H2,1-2H3/b11-9-,14-12-,17-15-,20-18-;18-17+;18-17-. The normalized spacial score (nSPS) is 11.9. The molecule has 0 aromatic rings. The SMILES string of the molecule is CCCC/C=C\C/C=C\C/C=C\C/C=C\CCCCC.CCCCCCCC/C=C/CCCCCCCC.CCCCCCCC/C=C\CCCCCCCC. The van der Waals surface area contributed by atoms with Crippen molar-refractivity contribution in [3.8, 4) is 0 Å². The van der Waals surface area contributed by atoms with Crippen LogP contribution in [0, 0.1) is 0 Å². The van der Waals surface area contributed by atoms with E-state index in [0.29, 0.717) is 0 Å². The molecule has 0 N–H and O–H groups in total. The lowest BCUT2D eigenvalue weighted by Crippen LogP contribution is -1.79. The summed E-state index contributed by atoms with van der Waals surface area (Å²) in [5.74, 6) is 0. The first-order valence-corrected chi connectivity index (χ1v) is 25.6. The summed E-state index contributed by atoms with van der Waals surface area (Å²) in [5, 5.41) is 0. The molecule has 0 unspecified atom stereocenters. The van der Waals surface area contributed by atoms with Gasteiger partial charge in [-0.15, -0.1) is 0 Å². The van der Waals surface area contributed by atoms with Gasteiger partial charge in [-0.05, 0) is 89.9 Å². The zero-order valence-corrected chi connectivity index (χ0v) is 39.8. The Morgan fingerprint density at radius 1 is 0.161 bits per heavy atom. The Morgan fingerprint density at radius 3 is 0.589 bits per heavy atom. The van der Waals surface area contributed by atoms with Gasteiger partial charge in [0.15, 0.2) is 0 Å². The van der Waals surface area contributed by atoms with Gasteiger partial charge in [-0.2, -0.15) is 0 Å². The van der Waals surface area contributed by atoms with Gasteiger partial charge in [0.1, 0.15) is 0 Å². The summed E-state index contributed by atoms with van der Waals surface area (Å²) in [6, 6.07) is 0. The number of rotatable bonds is 41. The largest absolute Gasteiger partial charge is 0.0885 e. The van der Waals surface area contributed by atoms with Crippen LogP contribution in [-0.2, 0) is 0 Å². The van der Waals surface area contributed by atoms with Crippen molar-refractivity contribution >= 4 is 0 Å². The van der Waals surface area contributed by atoms with E-state index in [2.05, 4.69) is 114 Å². The van der Waals surface area contributed by atoms with E-state index in [1.54, 1.807) is 0 Å². The Kier molecular flexibility index (Phi) is 65.7. The number of hydrogen-bond acceptors (Lipinski definition) is 0. The van der Waals surface area contributed by atoms with E-state index in [-0.39, 0.29) is 0 Å². The molecule has 0 aliphatic rings. The van der Waals surface area contributed by atoms with Crippen molar-refractivity contribution in [2.45, 2.75) is 286 Å². The maximum Gasteiger partial charge on any atom is -0.0169 e. The Hall–Kier alpha value is -1.56. The van der Waals surface area contributed by atoms with Crippen LogP contribution in [0.4, 0.5) is 0 Å². The molecule has 0 aliphatic carbocycles. The molecule has 0 rings (SSSR count). The summed E-state index contributed by atoms with van der Waals surface area (Å²) in [6.07, 6.45) is 79.4. The van der Waals surface area contributed by atoms with Crippen molar-refractivity contribution in [1.82, 2.24) is 0 Å². The highest BCUT2D eigenvalue weighted by atomic mass is 14.0. The molecule has 0 saturated heterocycles. The molecule has 0 radical (unpaired) electrons. The third-order valence-electron chi connectivity index (χ3n) is 10.4. The average molecular weight is 779 g/mol. The first-order chi connectivity index (χ1) is 27.7. The molecule has 0 bridgehead atoms. The molecule has 0 fully saturated rings. The van der Waals surface area contributed by atoms with E-state index < -0.39 is 0 Å². The molecule has 0 atom stereocenters. The Labute approximate surface area is 357 Å². The second-order valence-electron chi connectivity index (χ2n) is 16.4. The molecule has 0 saturated carbocycles. The molecule has 56 heavy (non-hydrogen) atoms. The maximum absolute atomic E-state index is 2.41. The molecule has 0 aliphatic heterocycles. The first-order valence-electron chi connectivity index (χ1n) is 25.6. The Balaban J connectivity index is -0.000000754. The molecule has 0 heterocycles. The number of unbranched alkanes of at least 4 members (excludes halogenated alkanes) is 29. The van der Waals surface area contributed by atoms with Crippen LogP contribution in [0.15, 0.2) is 72.9 Å². The Morgan fingerprint density at radius 2 is 0.321 bits per heavy atom. The summed E-state index contributed by atoms with van der Waals surface area (Å²) < 4.78 is 0. The van der Waals surface area contributed by atoms with E-state index in [9.17, 15) is 0 Å². The molecule has 330 valence electrons. The fraction of sp³-hybridized carbons (Fsp3) is 0.786. The lowest BCUT2D eigenvalue weighted by molar-refractivity contribution is 0.606. The van der Waals surface area contributed by atoms with Crippen LogP contribution < -0.4 is 0 Å². The number of hydrogen-bond donors (Lipinski definition) is 0. The summed E-state index contributed by atoms with van der Waals surface area (Å²) in [6.45, 7) is 13.6. The van der Waals surface area contributed by atoms with Gasteiger partial charge in [0, 0.05) is 0 Å². The van der Waals surface area contributed by atoms with Crippen molar-refractivity contribution in [2.75, 3.05) is 0 Å². The van der Waals surface area contributed by atoms with Crippen LogP contribution in [0.2, 0.25) is 0 Å². The second-order valence-corrected chi connectivity index (χ2v) is 16.4. The highest BCUT2D eigenvalue weighted by molar-refractivity contribution is 4.99. The first kappa shape index (κ1) is 58.8. The minimum Gasteiger partial charge on any atom is -0.0885 e. The Bertz CT molecular complexity index is 730. The van der Waals surface area contributed by atoms with Gasteiger partial charge in [0.05, 0.1) is 0 Å². The molecular formula is C56H106. The van der Waals surface area contributed by atoms with E-state index in [4.69, 9.17) is 0 Å². The third-order valence-corrected chi connectivity index (χ3v) is 10.4. The van der Waals surface area contributed by atoms with Gasteiger partial charge >= 0.3 is 0 Å². The topological polar surface area (TPSA) is 0 Å². The fourth-order valence-electron chi connectivity index (χ4n) is 6.52. The van der Waals surface area contributed by atoms with Gasteiger partial charge in [0.2, 0.25) is 0 Å². The van der Waals surface area contributed by atoms with Gasteiger partial charge in [0.25, 0.3) is 0 Å². The van der Waals surface area contributed by atoms with Gasteiger partial charge in [-0.1, -0.05) is 269 Å². The second kappa shape index (κ2) is 62.6. The van der Waals surface area contributed by atoms with E-state index in [1.165, 1.54) is 225 Å². The summed E-state index contributed by atoms with van der Waals surface area (Å²) in [5.41, 5.74) is 0. The predicted octanol–water partition coefficient (Wildman–Crippen LogP) is 21.2. The van der Waals surface area contributed by atoms with Crippen LogP contribution in [0.5, 0.6) is 0 Å². The van der Waals surface area contributed by atoms with Gasteiger partial charge < -0.3 is 0 Å². The van der Waals surface area contributed by atoms with E-state index in [1.807, 2.05) is 0 Å². The van der Waals surface area contributed by atoms with Crippen molar-refractivity contribution in [1.29, 1.82) is 0 Å². The fourth-order valence-corrected chi connectivity index (χ4v) is 6.52. The number of allylic oxidation sites excluding steroid dienone is 12.